The lowest BCUT2D eigenvalue weighted by atomic mass is 10.2. The molecular weight excluding hydrogens is 180 g/mol. The van der Waals surface area contributed by atoms with Crippen molar-refractivity contribution in [2.24, 2.45) is 0 Å². The standard InChI is InChI=1S/C10H20N2O2/c1-4-8(2)11-10(13)12-5-6-14-7-9(12)3/h8-9H,4-7H2,1-3H3,(H,11,13). The second-order valence-corrected chi connectivity index (χ2v) is 3.88. The number of carbonyl (C=O) groups is 1. The number of hydrogen-bond donors (Lipinski definition) is 1. The lowest BCUT2D eigenvalue weighted by Crippen LogP contribution is -2.52. The first kappa shape index (κ1) is 11.3. The number of amides is 2. The van der Waals surface area contributed by atoms with Crippen molar-refractivity contribution in [3.8, 4) is 0 Å². The van der Waals surface area contributed by atoms with Gasteiger partial charge < -0.3 is 15.0 Å². The van der Waals surface area contributed by atoms with Gasteiger partial charge in [0.15, 0.2) is 0 Å². The summed E-state index contributed by atoms with van der Waals surface area (Å²) < 4.78 is 5.27. The van der Waals surface area contributed by atoms with E-state index in [1.165, 1.54) is 0 Å². The van der Waals surface area contributed by atoms with Crippen molar-refractivity contribution in [1.82, 2.24) is 10.2 Å². The van der Waals surface area contributed by atoms with Crippen LogP contribution in [0.4, 0.5) is 4.79 Å². The third-order valence-corrected chi connectivity index (χ3v) is 2.61. The summed E-state index contributed by atoms with van der Waals surface area (Å²) in [5.74, 6) is 0. The molecule has 2 atom stereocenters. The topological polar surface area (TPSA) is 41.6 Å². The quantitative estimate of drug-likeness (QED) is 0.728. The van der Waals surface area contributed by atoms with Crippen LogP contribution in [0.1, 0.15) is 27.2 Å². The second-order valence-electron chi connectivity index (χ2n) is 3.88. The van der Waals surface area contributed by atoms with E-state index in [1.807, 2.05) is 18.7 Å². The lowest BCUT2D eigenvalue weighted by Gasteiger charge is -2.34. The number of nitrogens with one attached hydrogen (secondary N) is 1. The predicted octanol–water partition coefficient (Wildman–Crippen LogP) is 1.22. The predicted molar refractivity (Wildman–Crippen MR) is 55.3 cm³/mol. The molecule has 0 aromatic heterocycles. The number of rotatable bonds is 2. The number of hydrogen-bond acceptors (Lipinski definition) is 2. The summed E-state index contributed by atoms with van der Waals surface area (Å²) >= 11 is 0. The van der Waals surface area contributed by atoms with Crippen LogP contribution in [0.3, 0.4) is 0 Å². The van der Waals surface area contributed by atoms with Gasteiger partial charge in [0.25, 0.3) is 0 Å². The zero-order chi connectivity index (χ0) is 10.6. The highest BCUT2D eigenvalue weighted by molar-refractivity contribution is 5.74. The maximum Gasteiger partial charge on any atom is 0.318 e. The Bertz CT molecular complexity index is 197. The van der Waals surface area contributed by atoms with Crippen molar-refractivity contribution in [1.29, 1.82) is 0 Å². The molecule has 0 aromatic rings. The SMILES string of the molecule is CCC(C)NC(=O)N1CCOCC1C. The highest BCUT2D eigenvalue weighted by Gasteiger charge is 2.23. The maximum absolute atomic E-state index is 11.7. The molecule has 1 heterocycles. The van der Waals surface area contributed by atoms with E-state index in [2.05, 4.69) is 12.2 Å². The molecule has 1 N–H and O–H groups in total. The highest BCUT2D eigenvalue weighted by atomic mass is 16.5. The van der Waals surface area contributed by atoms with Crippen molar-refractivity contribution in [2.45, 2.75) is 39.3 Å². The van der Waals surface area contributed by atoms with E-state index in [-0.39, 0.29) is 18.1 Å². The van der Waals surface area contributed by atoms with E-state index < -0.39 is 0 Å². The van der Waals surface area contributed by atoms with Crippen molar-refractivity contribution < 1.29 is 9.53 Å². The molecule has 1 rings (SSSR count). The fourth-order valence-corrected chi connectivity index (χ4v) is 1.42. The van der Waals surface area contributed by atoms with E-state index in [0.717, 1.165) is 6.42 Å². The van der Waals surface area contributed by atoms with Crippen LogP contribution in [0, 0.1) is 0 Å². The van der Waals surface area contributed by atoms with Gasteiger partial charge in [-0.15, -0.1) is 0 Å². The Kier molecular flexibility index (Phi) is 4.20. The fraction of sp³-hybridized carbons (Fsp3) is 0.900. The molecule has 1 aliphatic rings. The first-order valence-corrected chi connectivity index (χ1v) is 5.30. The van der Waals surface area contributed by atoms with Crippen LogP contribution >= 0.6 is 0 Å². The van der Waals surface area contributed by atoms with Crippen LogP contribution in [0.5, 0.6) is 0 Å². The minimum absolute atomic E-state index is 0.0372. The zero-order valence-electron chi connectivity index (χ0n) is 9.25. The molecule has 0 spiro atoms. The Morgan fingerprint density at radius 3 is 3.00 bits per heavy atom. The molecule has 0 bridgehead atoms. The largest absolute Gasteiger partial charge is 0.377 e. The summed E-state index contributed by atoms with van der Waals surface area (Å²) in [6.07, 6.45) is 0.963. The third-order valence-electron chi connectivity index (χ3n) is 2.61. The maximum atomic E-state index is 11.7. The number of nitrogens with zero attached hydrogens (tertiary/aromatic N) is 1. The number of ether oxygens (including phenoxy) is 1. The Morgan fingerprint density at radius 2 is 2.43 bits per heavy atom. The zero-order valence-corrected chi connectivity index (χ0v) is 9.25. The summed E-state index contributed by atoms with van der Waals surface area (Å²) in [7, 11) is 0. The van der Waals surface area contributed by atoms with E-state index in [0.29, 0.717) is 19.8 Å². The van der Waals surface area contributed by atoms with Crippen LogP contribution in [-0.2, 0) is 4.74 Å². The van der Waals surface area contributed by atoms with E-state index in [1.54, 1.807) is 0 Å². The molecule has 2 unspecified atom stereocenters. The first-order valence-electron chi connectivity index (χ1n) is 5.30. The molecule has 4 heteroatoms. The molecule has 82 valence electrons. The normalized spacial score (nSPS) is 24.5. The van der Waals surface area contributed by atoms with Crippen LogP contribution in [0.25, 0.3) is 0 Å². The molecule has 1 aliphatic heterocycles. The number of urea groups is 1. The van der Waals surface area contributed by atoms with Gasteiger partial charge >= 0.3 is 6.03 Å². The van der Waals surface area contributed by atoms with Gasteiger partial charge in [0.1, 0.15) is 0 Å². The molecule has 0 radical (unpaired) electrons. The molecule has 1 saturated heterocycles. The monoisotopic (exact) mass is 200 g/mol. The number of carbonyl (C=O) groups excluding carboxylic acids is 1. The van der Waals surface area contributed by atoms with Crippen LogP contribution < -0.4 is 5.32 Å². The Balaban J connectivity index is 2.42. The highest BCUT2D eigenvalue weighted by Crippen LogP contribution is 2.06. The summed E-state index contributed by atoms with van der Waals surface area (Å²) in [4.78, 5) is 13.6. The van der Waals surface area contributed by atoms with Crippen LogP contribution in [0.15, 0.2) is 0 Å². The summed E-state index contributed by atoms with van der Waals surface area (Å²) in [5, 5.41) is 2.96. The van der Waals surface area contributed by atoms with Gasteiger partial charge in [0.05, 0.1) is 19.3 Å². The van der Waals surface area contributed by atoms with E-state index in [4.69, 9.17) is 4.74 Å². The molecule has 2 amide bonds. The lowest BCUT2D eigenvalue weighted by molar-refractivity contribution is 0.0185. The third kappa shape index (κ3) is 2.87. The van der Waals surface area contributed by atoms with E-state index >= 15 is 0 Å². The average Bonchev–Trinajstić information content (AvgIpc) is 2.18. The second kappa shape index (κ2) is 5.20. The van der Waals surface area contributed by atoms with Gasteiger partial charge in [0, 0.05) is 12.6 Å². The average molecular weight is 200 g/mol. The van der Waals surface area contributed by atoms with E-state index in [9.17, 15) is 4.79 Å². The van der Waals surface area contributed by atoms with Crippen molar-refractivity contribution in [3.63, 3.8) is 0 Å². The molecule has 0 aliphatic carbocycles. The summed E-state index contributed by atoms with van der Waals surface area (Å²) in [6, 6.07) is 0.473. The van der Waals surface area contributed by atoms with Gasteiger partial charge in [-0.3, -0.25) is 0 Å². The summed E-state index contributed by atoms with van der Waals surface area (Å²) in [5.41, 5.74) is 0. The minimum atomic E-state index is 0.0372. The Hall–Kier alpha value is -0.770. The minimum Gasteiger partial charge on any atom is -0.377 e. The molecule has 4 nitrogen and oxygen atoms in total. The van der Waals surface area contributed by atoms with Gasteiger partial charge in [0.2, 0.25) is 0 Å². The van der Waals surface area contributed by atoms with Gasteiger partial charge in [-0.05, 0) is 20.3 Å². The van der Waals surface area contributed by atoms with Crippen molar-refractivity contribution >= 4 is 6.03 Å². The Morgan fingerprint density at radius 1 is 1.71 bits per heavy atom. The van der Waals surface area contributed by atoms with Gasteiger partial charge in [-0.1, -0.05) is 6.92 Å². The van der Waals surface area contributed by atoms with Gasteiger partial charge in [-0.2, -0.15) is 0 Å². The Labute approximate surface area is 85.6 Å². The first-order chi connectivity index (χ1) is 6.65. The number of morpholine rings is 1. The van der Waals surface area contributed by atoms with Crippen LogP contribution in [0.2, 0.25) is 0 Å². The molecule has 0 aromatic carbocycles. The van der Waals surface area contributed by atoms with Gasteiger partial charge in [-0.25, -0.2) is 4.79 Å². The summed E-state index contributed by atoms with van der Waals surface area (Å²) in [6.45, 7) is 8.09. The molecule has 0 saturated carbocycles. The fourth-order valence-electron chi connectivity index (χ4n) is 1.42. The molecular formula is C10H20N2O2. The molecule has 1 fully saturated rings. The van der Waals surface area contributed by atoms with Crippen molar-refractivity contribution in [2.75, 3.05) is 19.8 Å². The van der Waals surface area contributed by atoms with Crippen LogP contribution in [-0.4, -0.2) is 42.8 Å². The van der Waals surface area contributed by atoms with Crippen molar-refractivity contribution in [3.05, 3.63) is 0 Å². The smallest absolute Gasteiger partial charge is 0.318 e. The molecule has 14 heavy (non-hydrogen) atoms.